The van der Waals surface area contributed by atoms with Gasteiger partial charge < -0.3 is 9.72 Å². The minimum absolute atomic E-state index is 0.761. The molecule has 0 saturated carbocycles. The van der Waals surface area contributed by atoms with E-state index in [-0.39, 0.29) is 0 Å². The number of benzene rings is 1. The predicted molar refractivity (Wildman–Crippen MR) is 103 cm³/mol. The standard InChI is InChI=1S/C20H22N6/c1-3-4-6-17-13-25-12-5-7-19(20(25)23-17)22-16-8-10-18(11-9-16)26-14-21-15(2)24-26/h5,7-14,22H,3-4,6H2,1-2H3. The Balaban J connectivity index is 1.57. The summed E-state index contributed by atoms with van der Waals surface area (Å²) in [6, 6.07) is 12.2. The molecule has 3 heterocycles. The average molecular weight is 346 g/mol. The molecule has 0 fully saturated rings. The van der Waals surface area contributed by atoms with E-state index in [1.54, 1.807) is 11.0 Å². The van der Waals surface area contributed by atoms with Crippen molar-refractivity contribution in [2.24, 2.45) is 0 Å². The molecule has 0 aliphatic rings. The number of anilines is 2. The quantitative estimate of drug-likeness (QED) is 0.565. The van der Waals surface area contributed by atoms with E-state index in [0.717, 1.165) is 47.1 Å². The second-order valence-corrected chi connectivity index (χ2v) is 6.40. The molecule has 0 spiro atoms. The lowest BCUT2D eigenvalue weighted by Gasteiger charge is -2.08. The Labute approximate surface area is 152 Å². The van der Waals surface area contributed by atoms with Gasteiger partial charge in [-0.05, 0) is 56.2 Å². The molecule has 0 unspecified atom stereocenters. The molecule has 0 aliphatic heterocycles. The summed E-state index contributed by atoms with van der Waals surface area (Å²) in [6.45, 7) is 4.08. The molecular weight excluding hydrogens is 324 g/mol. The van der Waals surface area contributed by atoms with Gasteiger partial charge in [0, 0.05) is 18.1 Å². The highest BCUT2D eigenvalue weighted by molar-refractivity contribution is 5.74. The number of nitrogens with one attached hydrogen (secondary N) is 1. The number of aryl methyl sites for hydroxylation is 2. The third kappa shape index (κ3) is 3.31. The van der Waals surface area contributed by atoms with Crippen LogP contribution < -0.4 is 5.32 Å². The van der Waals surface area contributed by atoms with Crippen LogP contribution in [0.1, 0.15) is 31.3 Å². The maximum Gasteiger partial charge on any atom is 0.160 e. The number of hydrogen-bond acceptors (Lipinski definition) is 4. The molecule has 132 valence electrons. The highest BCUT2D eigenvalue weighted by atomic mass is 15.3. The van der Waals surface area contributed by atoms with Crippen LogP contribution in [0.4, 0.5) is 11.4 Å². The topological polar surface area (TPSA) is 60.0 Å². The number of fused-ring (bicyclic) bond motifs is 1. The highest BCUT2D eigenvalue weighted by Crippen LogP contribution is 2.23. The van der Waals surface area contributed by atoms with Gasteiger partial charge in [-0.2, -0.15) is 5.10 Å². The Hall–Kier alpha value is -3.15. The summed E-state index contributed by atoms with van der Waals surface area (Å²) in [5, 5.41) is 7.81. The van der Waals surface area contributed by atoms with Crippen molar-refractivity contribution in [2.45, 2.75) is 33.1 Å². The normalized spacial score (nSPS) is 11.2. The van der Waals surface area contributed by atoms with E-state index in [9.17, 15) is 0 Å². The number of nitrogens with zero attached hydrogens (tertiary/aromatic N) is 5. The lowest BCUT2D eigenvalue weighted by Crippen LogP contribution is -1.97. The molecule has 1 aromatic carbocycles. The zero-order valence-electron chi connectivity index (χ0n) is 15.1. The first kappa shape index (κ1) is 16.3. The van der Waals surface area contributed by atoms with Gasteiger partial charge in [0.1, 0.15) is 12.2 Å². The van der Waals surface area contributed by atoms with Crippen LogP contribution in [0.15, 0.2) is 55.1 Å². The first-order chi connectivity index (χ1) is 12.7. The van der Waals surface area contributed by atoms with Gasteiger partial charge in [0.15, 0.2) is 5.65 Å². The number of aromatic nitrogens is 5. The summed E-state index contributed by atoms with van der Waals surface area (Å²) in [5.74, 6) is 0.761. The van der Waals surface area contributed by atoms with Gasteiger partial charge >= 0.3 is 0 Å². The molecule has 0 radical (unpaired) electrons. The summed E-state index contributed by atoms with van der Waals surface area (Å²) in [5.41, 5.74) is 5.08. The van der Waals surface area contributed by atoms with Crippen molar-refractivity contribution in [3.8, 4) is 5.69 Å². The molecule has 0 bridgehead atoms. The fourth-order valence-corrected chi connectivity index (χ4v) is 2.96. The molecule has 1 N–H and O–H groups in total. The zero-order valence-corrected chi connectivity index (χ0v) is 15.1. The molecule has 26 heavy (non-hydrogen) atoms. The van der Waals surface area contributed by atoms with Crippen LogP contribution >= 0.6 is 0 Å². The monoisotopic (exact) mass is 346 g/mol. The number of pyridine rings is 1. The number of imidazole rings is 1. The number of hydrogen-bond donors (Lipinski definition) is 1. The minimum Gasteiger partial charge on any atom is -0.352 e. The van der Waals surface area contributed by atoms with E-state index in [4.69, 9.17) is 4.98 Å². The number of rotatable bonds is 6. The summed E-state index contributed by atoms with van der Waals surface area (Å²) in [4.78, 5) is 8.96. The Kier molecular flexibility index (Phi) is 4.39. The van der Waals surface area contributed by atoms with Crippen molar-refractivity contribution in [3.05, 3.63) is 66.6 Å². The van der Waals surface area contributed by atoms with E-state index in [1.807, 2.05) is 43.5 Å². The van der Waals surface area contributed by atoms with Crippen LogP contribution in [0.25, 0.3) is 11.3 Å². The van der Waals surface area contributed by atoms with Gasteiger partial charge in [-0.15, -0.1) is 0 Å². The van der Waals surface area contributed by atoms with Gasteiger partial charge in [-0.3, -0.25) is 0 Å². The fraction of sp³-hybridized carbons (Fsp3) is 0.250. The van der Waals surface area contributed by atoms with Gasteiger partial charge in [0.05, 0.1) is 17.1 Å². The lowest BCUT2D eigenvalue weighted by molar-refractivity contribution is 0.781. The maximum absolute atomic E-state index is 4.79. The first-order valence-electron chi connectivity index (χ1n) is 8.95. The van der Waals surface area contributed by atoms with E-state index < -0.39 is 0 Å². The SMILES string of the molecule is CCCCc1cn2cccc(Nc3ccc(-n4cnc(C)n4)cc3)c2n1. The molecule has 0 amide bonds. The average Bonchev–Trinajstić information content (AvgIpc) is 3.27. The number of unbranched alkanes of at least 4 members (excludes halogenated alkanes) is 1. The third-order valence-electron chi connectivity index (χ3n) is 4.34. The predicted octanol–water partition coefficient (Wildman–Crippen LogP) is 4.31. The third-order valence-corrected chi connectivity index (χ3v) is 4.34. The highest BCUT2D eigenvalue weighted by Gasteiger charge is 2.07. The molecule has 0 saturated heterocycles. The molecule has 4 aromatic rings. The molecule has 3 aromatic heterocycles. The Morgan fingerprint density at radius 3 is 2.69 bits per heavy atom. The lowest BCUT2D eigenvalue weighted by atomic mass is 10.2. The summed E-state index contributed by atoms with van der Waals surface area (Å²) in [6.07, 6.45) is 9.24. The minimum atomic E-state index is 0.761. The smallest absolute Gasteiger partial charge is 0.160 e. The summed E-state index contributed by atoms with van der Waals surface area (Å²) in [7, 11) is 0. The van der Waals surface area contributed by atoms with E-state index >= 15 is 0 Å². The fourth-order valence-electron chi connectivity index (χ4n) is 2.96. The van der Waals surface area contributed by atoms with Crippen LogP contribution in [0.2, 0.25) is 0 Å². The van der Waals surface area contributed by atoms with E-state index in [0.29, 0.717) is 0 Å². The summed E-state index contributed by atoms with van der Waals surface area (Å²) < 4.78 is 3.86. The van der Waals surface area contributed by atoms with Crippen LogP contribution in [0, 0.1) is 6.92 Å². The largest absolute Gasteiger partial charge is 0.352 e. The van der Waals surface area contributed by atoms with Crippen molar-refractivity contribution in [1.29, 1.82) is 0 Å². The zero-order chi connectivity index (χ0) is 17.9. The molecule has 4 rings (SSSR count). The van der Waals surface area contributed by atoms with Crippen molar-refractivity contribution in [1.82, 2.24) is 24.1 Å². The van der Waals surface area contributed by atoms with Crippen molar-refractivity contribution >= 4 is 17.0 Å². The van der Waals surface area contributed by atoms with E-state index in [1.165, 1.54) is 6.42 Å². The van der Waals surface area contributed by atoms with Crippen LogP contribution in [0.5, 0.6) is 0 Å². The molecule has 0 aliphatic carbocycles. The van der Waals surface area contributed by atoms with Crippen molar-refractivity contribution < 1.29 is 0 Å². The second kappa shape index (κ2) is 7.00. The van der Waals surface area contributed by atoms with Crippen molar-refractivity contribution in [2.75, 3.05) is 5.32 Å². The van der Waals surface area contributed by atoms with Crippen LogP contribution in [-0.4, -0.2) is 24.1 Å². The van der Waals surface area contributed by atoms with Gasteiger partial charge in [0.2, 0.25) is 0 Å². The molecule has 6 nitrogen and oxygen atoms in total. The first-order valence-corrected chi connectivity index (χ1v) is 8.95. The Bertz CT molecular complexity index is 1010. The molecular formula is C20H22N6. The second-order valence-electron chi connectivity index (χ2n) is 6.40. The van der Waals surface area contributed by atoms with Crippen LogP contribution in [-0.2, 0) is 6.42 Å². The van der Waals surface area contributed by atoms with E-state index in [2.05, 4.69) is 39.0 Å². The molecule has 6 heteroatoms. The maximum atomic E-state index is 4.79. The van der Waals surface area contributed by atoms with Crippen molar-refractivity contribution in [3.63, 3.8) is 0 Å². The Morgan fingerprint density at radius 2 is 1.96 bits per heavy atom. The van der Waals surface area contributed by atoms with Gasteiger partial charge in [0.25, 0.3) is 0 Å². The molecule has 0 atom stereocenters. The Morgan fingerprint density at radius 1 is 1.12 bits per heavy atom. The summed E-state index contributed by atoms with van der Waals surface area (Å²) >= 11 is 0. The van der Waals surface area contributed by atoms with Gasteiger partial charge in [-0.1, -0.05) is 13.3 Å². The van der Waals surface area contributed by atoms with Crippen LogP contribution in [0.3, 0.4) is 0 Å². The van der Waals surface area contributed by atoms with Gasteiger partial charge in [-0.25, -0.2) is 14.6 Å².